The van der Waals surface area contributed by atoms with Crippen LogP contribution in [0.4, 0.5) is 5.69 Å². The molecule has 1 N–H and O–H groups in total. The number of hydrogen-bond acceptors (Lipinski definition) is 6. The molecule has 0 radical (unpaired) electrons. The van der Waals surface area contributed by atoms with Crippen LogP contribution in [0.25, 0.3) is 21.5 Å². The molecule has 6 heteroatoms. The van der Waals surface area contributed by atoms with Gasteiger partial charge in [0.25, 0.3) is 0 Å². The Balaban J connectivity index is 1.76. The minimum absolute atomic E-state index is 0.333. The van der Waals surface area contributed by atoms with Crippen molar-refractivity contribution in [1.29, 1.82) is 0 Å². The number of aromatic nitrogens is 1. The van der Waals surface area contributed by atoms with Crippen LogP contribution >= 0.6 is 11.3 Å². The standard InChI is InChI=1S/C19H21N3O2S/c1-11-9-22(13(3)8-20-11)15-5-4-14-6-16(18-21-12(2)10-25-18)19(23)24-17(14)7-15/h4-7,10-11,13,20H,8-9H2,1-3H3/t11-,13+/m1/s1. The summed E-state index contributed by atoms with van der Waals surface area (Å²) in [5, 5.41) is 7.05. The summed E-state index contributed by atoms with van der Waals surface area (Å²) in [6.45, 7) is 8.19. The molecule has 0 aliphatic carbocycles. The van der Waals surface area contributed by atoms with E-state index in [2.05, 4.69) is 35.1 Å². The molecule has 25 heavy (non-hydrogen) atoms. The number of hydrogen-bond donors (Lipinski definition) is 1. The van der Waals surface area contributed by atoms with E-state index in [1.807, 2.05) is 30.5 Å². The lowest BCUT2D eigenvalue weighted by atomic mass is 10.1. The molecular formula is C19H21N3O2S. The van der Waals surface area contributed by atoms with Crippen LogP contribution in [-0.2, 0) is 0 Å². The highest BCUT2D eigenvalue weighted by Crippen LogP contribution is 2.28. The molecule has 1 aliphatic heterocycles. The van der Waals surface area contributed by atoms with Gasteiger partial charge in [-0.3, -0.25) is 0 Å². The van der Waals surface area contributed by atoms with Crippen molar-refractivity contribution >= 4 is 28.0 Å². The topological polar surface area (TPSA) is 58.4 Å². The number of thiazole rings is 1. The smallest absolute Gasteiger partial charge is 0.346 e. The van der Waals surface area contributed by atoms with Gasteiger partial charge in [-0.1, -0.05) is 0 Å². The fourth-order valence-corrected chi connectivity index (χ4v) is 4.09. The Kier molecular flexibility index (Phi) is 4.09. The highest BCUT2D eigenvalue weighted by atomic mass is 32.1. The predicted octanol–water partition coefficient (Wildman–Crippen LogP) is 3.41. The summed E-state index contributed by atoms with van der Waals surface area (Å²) >= 11 is 1.47. The molecule has 4 rings (SSSR count). The van der Waals surface area contributed by atoms with Crippen molar-refractivity contribution in [2.45, 2.75) is 32.9 Å². The van der Waals surface area contributed by atoms with Gasteiger partial charge >= 0.3 is 5.63 Å². The van der Waals surface area contributed by atoms with Gasteiger partial charge in [0.1, 0.15) is 10.6 Å². The zero-order valence-corrected chi connectivity index (χ0v) is 15.4. The molecule has 1 fully saturated rings. The molecular weight excluding hydrogens is 334 g/mol. The second-order valence-electron chi connectivity index (χ2n) is 6.77. The first-order chi connectivity index (χ1) is 12.0. The van der Waals surface area contributed by atoms with Gasteiger partial charge in [0.05, 0.1) is 5.56 Å². The van der Waals surface area contributed by atoms with Crippen LogP contribution in [0.1, 0.15) is 19.5 Å². The van der Waals surface area contributed by atoms with E-state index >= 15 is 0 Å². The molecule has 0 unspecified atom stereocenters. The number of fused-ring (bicyclic) bond motifs is 1. The maximum atomic E-state index is 12.4. The van der Waals surface area contributed by atoms with E-state index in [-0.39, 0.29) is 5.63 Å². The third kappa shape index (κ3) is 3.07. The Labute approximate surface area is 150 Å². The van der Waals surface area contributed by atoms with Gasteiger partial charge in [-0.15, -0.1) is 11.3 Å². The molecule has 2 aromatic heterocycles. The first kappa shape index (κ1) is 16.3. The minimum atomic E-state index is -0.333. The summed E-state index contributed by atoms with van der Waals surface area (Å²) in [6, 6.07) is 8.83. The summed E-state index contributed by atoms with van der Waals surface area (Å²) in [6.07, 6.45) is 0. The summed E-state index contributed by atoms with van der Waals surface area (Å²) in [5.41, 5.74) is 2.83. The van der Waals surface area contributed by atoms with Crippen molar-refractivity contribution in [2.24, 2.45) is 0 Å². The SMILES string of the molecule is Cc1csc(-c2cc3ccc(N4C[C@@H](C)NC[C@@H]4C)cc3oc2=O)n1. The summed E-state index contributed by atoms with van der Waals surface area (Å²) < 4.78 is 5.62. The maximum Gasteiger partial charge on any atom is 0.346 e. The van der Waals surface area contributed by atoms with Crippen LogP contribution in [0.15, 0.2) is 38.9 Å². The average Bonchev–Trinajstić information content (AvgIpc) is 3.02. The van der Waals surface area contributed by atoms with Crippen LogP contribution in [0.5, 0.6) is 0 Å². The number of nitrogens with one attached hydrogen (secondary N) is 1. The number of nitrogens with zero attached hydrogens (tertiary/aromatic N) is 2. The number of aryl methyl sites for hydroxylation is 1. The van der Waals surface area contributed by atoms with Gasteiger partial charge in [-0.2, -0.15) is 0 Å². The number of rotatable bonds is 2. The van der Waals surface area contributed by atoms with Gasteiger partial charge in [-0.25, -0.2) is 9.78 Å². The number of benzene rings is 1. The van der Waals surface area contributed by atoms with Gasteiger partial charge in [-0.05, 0) is 39.0 Å². The molecule has 1 aliphatic rings. The number of anilines is 1. The van der Waals surface area contributed by atoms with E-state index in [4.69, 9.17) is 4.42 Å². The molecule has 0 spiro atoms. The first-order valence-corrected chi connectivity index (χ1v) is 9.39. The van der Waals surface area contributed by atoms with Crippen molar-refractivity contribution in [3.8, 4) is 10.6 Å². The van der Waals surface area contributed by atoms with Crippen LogP contribution in [-0.4, -0.2) is 30.2 Å². The van der Waals surface area contributed by atoms with Crippen LogP contribution in [0, 0.1) is 6.92 Å². The fraction of sp³-hybridized carbons (Fsp3) is 0.368. The van der Waals surface area contributed by atoms with E-state index in [1.54, 1.807) is 0 Å². The number of piperazine rings is 1. The predicted molar refractivity (Wildman–Crippen MR) is 103 cm³/mol. The Morgan fingerprint density at radius 2 is 2.16 bits per heavy atom. The molecule has 130 valence electrons. The molecule has 5 nitrogen and oxygen atoms in total. The van der Waals surface area contributed by atoms with Crippen LogP contribution < -0.4 is 15.8 Å². The van der Waals surface area contributed by atoms with Crippen LogP contribution in [0.2, 0.25) is 0 Å². The van der Waals surface area contributed by atoms with Crippen molar-refractivity contribution in [2.75, 3.05) is 18.0 Å². The zero-order valence-electron chi connectivity index (χ0n) is 14.6. The van der Waals surface area contributed by atoms with E-state index < -0.39 is 0 Å². The van der Waals surface area contributed by atoms with Gasteiger partial charge in [0.2, 0.25) is 0 Å². The molecule has 3 heterocycles. The summed E-state index contributed by atoms with van der Waals surface area (Å²) in [7, 11) is 0. The highest BCUT2D eigenvalue weighted by molar-refractivity contribution is 7.13. The molecule has 0 amide bonds. The lowest BCUT2D eigenvalue weighted by Gasteiger charge is -2.39. The van der Waals surface area contributed by atoms with Crippen LogP contribution in [0.3, 0.4) is 0 Å². The lowest BCUT2D eigenvalue weighted by Crippen LogP contribution is -2.54. The second-order valence-corrected chi connectivity index (χ2v) is 7.63. The zero-order chi connectivity index (χ0) is 17.6. The fourth-order valence-electron chi connectivity index (χ4n) is 3.29. The van der Waals surface area contributed by atoms with E-state index in [0.717, 1.165) is 29.9 Å². The summed E-state index contributed by atoms with van der Waals surface area (Å²) in [5.74, 6) is 0. The van der Waals surface area contributed by atoms with Gasteiger partial charge in [0, 0.05) is 53.4 Å². The van der Waals surface area contributed by atoms with Crippen molar-refractivity contribution in [3.05, 3.63) is 45.8 Å². The Hall–Kier alpha value is -2.18. The largest absolute Gasteiger partial charge is 0.422 e. The van der Waals surface area contributed by atoms with E-state index in [1.165, 1.54) is 11.3 Å². The highest BCUT2D eigenvalue weighted by Gasteiger charge is 2.23. The first-order valence-electron chi connectivity index (χ1n) is 8.51. The third-order valence-electron chi connectivity index (χ3n) is 4.66. The van der Waals surface area contributed by atoms with E-state index in [9.17, 15) is 4.79 Å². The third-order valence-corrected chi connectivity index (χ3v) is 5.66. The minimum Gasteiger partial charge on any atom is -0.422 e. The second kappa shape index (κ2) is 6.28. The quantitative estimate of drug-likeness (QED) is 0.714. The molecule has 1 saturated heterocycles. The van der Waals surface area contributed by atoms with Gasteiger partial charge < -0.3 is 14.6 Å². The van der Waals surface area contributed by atoms with E-state index in [0.29, 0.717) is 28.2 Å². The summed E-state index contributed by atoms with van der Waals surface area (Å²) in [4.78, 5) is 19.2. The molecule has 3 aromatic rings. The van der Waals surface area contributed by atoms with Crippen molar-refractivity contribution in [1.82, 2.24) is 10.3 Å². The maximum absolute atomic E-state index is 12.4. The molecule has 0 bridgehead atoms. The Bertz CT molecular complexity index is 978. The average molecular weight is 355 g/mol. The van der Waals surface area contributed by atoms with Crippen molar-refractivity contribution < 1.29 is 4.42 Å². The monoisotopic (exact) mass is 355 g/mol. The lowest BCUT2D eigenvalue weighted by molar-refractivity contribution is 0.425. The van der Waals surface area contributed by atoms with Crippen molar-refractivity contribution in [3.63, 3.8) is 0 Å². The Morgan fingerprint density at radius 3 is 2.92 bits per heavy atom. The molecule has 1 aromatic carbocycles. The normalized spacial score (nSPS) is 21.0. The molecule has 2 atom stereocenters. The molecule has 0 saturated carbocycles. The van der Waals surface area contributed by atoms with Gasteiger partial charge in [0.15, 0.2) is 0 Å². The Morgan fingerprint density at radius 1 is 1.32 bits per heavy atom.